The van der Waals surface area contributed by atoms with E-state index in [2.05, 4.69) is 9.62 Å². The van der Waals surface area contributed by atoms with E-state index in [1.54, 1.807) is 11.9 Å². The Balaban J connectivity index is 1.76. The average molecular weight is 383 g/mol. The lowest BCUT2D eigenvalue weighted by atomic mass is 10.00. The molecule has 0 spiro atoms. The monoisotopic (exact) mass is 382 g/mol. The highest BCUT2D eigenvalue weighted by Gasteiger charge is 2.25. The predicted molar refractivity (Wildman–Crippen MR) is 103 cm³/mol. The van der Waals surface area contributed by atoms with Crippen molar-refractivity contribution >= 4 is 16.1 Å². The first-order valence-corrected chi connectivity index (χ1v) is 10.5. The van der Waals surface area contributed by atoms with Crippen molar-refractivity contribution in [3.05, 3.63) is 35.9 Å². The van der Waals surface area contributed by atoms with E-state index < -0.39 is 10.2 Å². The van der Waals surface area contributed by atoms with Crippen LogP contribution in [0, 0.1) is 5.92 Å². The van der Waals surface area contributed by atoms with E-state index >= 15 is 0 Å². The van der Waals surface area contributed by atoms with Crippen molar-refractivity contribution in [1.29, 1.82) is 0 Å². The Bertz CT molecular complexity index is 673. The number of amides is 1. The van der Waals surface area contributed by atoms with Crippen molar-refractivity contribution < 1.29 is 13.2 Å². The third kappa shape index (κ3) is 6.05. The normalized spacial score (nSPS) is 17.8. The third-order valence-corrected chi connectivity index (χ3v) is 6.33. The number of hydrogen-bond acceptors (Lipinski definition) is 4. The summed E-state index contributed by atoms with van der Waals surface area (Å²) in [6.07, 6.45) is 0.678. The Labute approximate surface area is 157 Å². The molecule has 1 atom stereocenters. The van der Waals surface area contributed by atoms with Crippen molar-refractivity contribution in [1.82, 2.24) is 18.8 Å². The molecule has 1 heterocycles. The Kier molecular flexibility index (Phi) is 7.57. The summed E-state index contributed by atoms with van der Waals surface area (Å²) in [4.78, 5) is 16.2. The summed E-state index contributed by atoms with van der Waals surface area (Å²) in [7, 11) is 0.219. The van der Waals surface area contributed by atoms with E-state index in [0.29, 0.717) is 26.1 Å². The molecule has 1 aromatic carbocycles. The van der Waals surface area contributed by atoms with Gasteiger partial charge in [-0.25, -0.2) is 4.72 Å². The Morgan fingerprint density at radius 3 is 2.42 bits per heavy atom. The molecule has 26 heavy (non-hydrogen) atoms. The number of piperazine rings is 1. The quantitative estimate of drug-likeness (QED) is 0.707. The maximum Gasteiger partial charge on any atom is 0.279 e. The fourth-order valence-electron chi connectivity index (χ4n) is 3.00. The number of rotatable bonds is 8. The van der Waals surface area contributed by atoms with Crippen molar-refractivity contribution in [3.63, 3.8) is 0 Å². The zero-order valence-electron chi connectivity index (χ0n) is 15.9. The molecule has 1 aromatic rings. The molecular formula is C18H30N4O3S. The third-order valence-electron chi connectivity index (χ3n) is 4.72. The standard InChI is InChI=1S/C18H30N4O3S/c1-16(15-17-7-5-4-6-8-17)18(23)21(3)10-9-19-26(24,25)22-13-11-20(2)12-14-22/h4-8,16,19H,9-15H2,1-3H3. The van der Waals surface area contributed by atoms with Crippen LogP contribution in [0.2, 0.25) is 0 Å². The lowest BCUT2D eigenvalue weighted by molar-refractivity contribution is -0.133. The van der Waals surface area contributed by atoms with E-state index in [0.717, 1.165) is 18.7 Å². The lowest BCUT2D eigenvalue weighted by Crippen LogP contribution is -2.51. The SMILES string of the molecule is CC(Cc1ccccc1)C(=O)N(C)CCNS(=O)(=O)N1CCN(C)CC1. The highest BCUT2D eigenvalue weighted by molar-refractivity contribution is 7.87. The first-order valence-electron chi connectivity index (χ1n) is 9.02. The molecule has 0 saturated carbocycles. The first kappa shape index (κ1) is 20.8. The molecule has 1 saturated heterocycles. The van der Waals surface area contributed by atoms with Crippen LogP contribution in [0.1, 0.15) is 12.5 Å². The van der Waals surface area contributed by atoms with Gasteiger partial charge in [0.05, 0.1) is 0 Å². The molecule has 7 nitrogen and oxygen atoms in total. The van der Waals surface area contributed by atoms with Gasteiger partial charge >= 0.3 is 0 Å². The van der Waals surface area contributed by atoms with Gasteiger partial charge in [0, 0.05) is 52.2 Å². The van der Waals surface area contributed by atoms with Crippen LogP contribution in [0.3, 0.4) is 0 Å². The Hall–Kier alpha value is -1.48. The summed E-state index contributed by atoms with van der Waals surface area (Å²) in [5.74, 6) is -0.121. The maximum absolute atomic E-state index is 12.5. The molecule has 8 heteroatoms. The molecule has 1 amide bonds. The second-order valence-corrected chi connectivity index (χ2v) is 8.71. The molecule has 0 aromatic heterocycles. The number of benzene rings is 1. The van der Waals surface area contributed by atoms with E-state index in [1.165, 1.54) is 4.31 Å². The van der Waals surface area contributed by atoms with Crippen molar-refractivity contribution in [2.45, 2.75) is 13.3 Å². The second-order valence-electron chi connectivity index (χ2n) is 6.95. The lowest BCUT2D eigenvalue weighted by Gasteiger charge is -2.31. The van der Waals surface area contributed by atoms with Crippen LogP contribution in [-0.2, 0) is 21.4 Å². The van der Waals surface area contributed by atoms with Gasteiger partial charge in [0.2, 0.25) is 5.91 Å². The van der Waals surface area contributed by atoms with Gasteiger partial charge in [-0.15, -0.1) is 0 Å². The molecule has 2 rings (SSSR count). The topological polar surface area (TPSA) is 73.0 Å². The summed E-state index contributed by atoms with van der Waals surface area (Å²) in [5.41, 5.74) is 1.12. The van der Waals surface area contributed by atoms with Crippen molar-refractivity contribution in [2.24, 2.45) is 5.92 Å². The molecule has 146 valence electrons. The summed E-state index contributed by atoms with van der Waals surface area (Å²) >= 11 is 0. The van der Waals surface area contributed by atoms with Crippen molar-refractivity contribution in [2.75, 3.05) is 53.4 Å². The van der Waals surface area contributed by atoms with Crippen LogP contribution in [0.25, 0.3) is 0 Å². The molecule has 0 radical (unpaired) electrons. The second kappa shape index (κ2) is 9.45. The number of hydrogen-bond donors (Lipinski definition) is 1. The summed E-state index contributed by atoms with van der Waals surface area (Å²) in [5, 5.41) is 0. The average Bonchev–Trinajstić information content (AvgIpc) is 2.62. The summed E-state index contributed by atoms with van der Waals surface area (Å²) in [6.45, 7) is 4.93. The van der Waals surface area contributed by atoms with E-state index in [4.69, 9.17) is 0 Å². The van der Waals surface area contributed by atoms with E-state index in [1.807, 2.05) is 44.3 Å². The molecule has 1 N–H and O–H groups in total. The van der Waals surface area contributed by atoms with Gasteiger partial charge in [-0.05, 0) is 19.0 Å². The van der Waals surface area contributed by atoms with Gasteiger partial charge in [-0.3, -0.25) is 4.79 Å². The highest BCUT2D eigenvalue weighted by atomic mass is 32.2. The van der Waals surface area contributed by atoms with E-state index in [9.17, 15) is 13.2 Å². The van der Waals surface area contributed by atoms with Gasteiger partial charge in [0.1, 0.15) is 0 Å². The Morgan fingerprint density at radius 2 is 1.81 bits per heavy atom. The molecule has 0 aliphatic carbocycles. The van der Waals surface area contributed by atoms with Crippen LogP contribution in [0.15, 0.2) is 30.3 Å². The molecule has 1 unspecified atom stereocenters. The van der Waals surface area contributed by atoms with Gasteiger partial charge in [0.25, 0.3) is 10.2 Å². The predicted octanol–water partition coefficient (Wildman–Crippen LogP) is 0.405. The van der Waals surface area contributed by atoms with Gasteiger partial charge in [-0.1, -0.05) is 37.3 Å². The van der Waals surface area contributed by atoms with E-state index in [-0.39, 0.29) is 18.4 Å². The smallest absolute Gasteiger partial charge is 0.279 e. The molecule has 0 bridgehead atoms. The molecule has 1 fully saturated rings. The van der Waals surface area contributed by atoms with Gasteiger partial charge in [0.15, 0.2) is 0 Å². The number of nitrogens with one attached hydrogen (secondary N) is 1. The zero-order chi connectivity index (χ0) is 19.2. The number of nitrogens with zero attached hydrogens (tertiary/aromatic N) is 3. The maximum atomic E-state index is 12.5. The zero-order valence-corrected chi connectivity index (χ0v) is 16.7. The minimum atomic E-state index is -3.48. The number of likely N-dealkylation sites (N-methyl/N-ethyl adjacent to an activating group) is 2. The van der Waals surface area contributed by atoms with Gasteiger partial charge < -0.3 is 9.80 Å². The molecular weight excluding hydrogens is 352 g/mol. The summed E-state index contributed by atoms with van der Waals surface area (Å²) in [6, 6.07) is 9.89. The fraction of sp³-hybridized carbons (Fsp3) is 0.611. The van der Waals surface area contributed by atoms with Crippen LogP contribution >= 0.6 is 0 Å². The summed E-state index contributed by atoms with van der Waals surface area (Å²) < 4.78 is 28.7. The largest absolute Gasteiger partial charge is 0.344 e. The van der Waals surface area contributed by atoms with Crippen molar-refractivity contribution in [3.8, 4) is 0 Å². The first-order chi connectivity index (χ1) is 12.3. The minimum absolute atomic E-state index is 0.0210. The van der Waals surface area contributed by atoms with Crippen LogP contribution in [0.4, 0.5) is 0 Å². The molecule has 1 aliphatic heterocycles. The fourth-order valence-corrected chi connectivity index (χ4v) is 4.18. The number of carbonyl (C=O) groups excluding carboxylic acids is 1. The van der Waals surface area contributed by atoms with Crippen LogP contribution in [0.5, 0.6) is 0 Å². The molecule has 1 aliphatic rings. The Morgan fingerprint density at radius 1 is 1.19 bits per heavy atom. The minimum Gasteiger partial charge on any atom is -0.344 e. The highest BCUT2D eigenvalue weighted by Crippen LogP contribution is 2.10. The van der Waals surface area contributed by atoms with Gasteiger partial charge in [-0.2, -0.15) is 12.7 Å². The number of carbonyl (C=O) groups is 1. The van der Waals surface area contributed by atoms with Crippen LogP contribution < -0.4 is 4.72 Å². The van der Waals surface area contributed by atoms with Crippen LogP contribution in [-0.4, -0.2) is 81.8 Å².